The standard InChI is InChI=1S/C24H26F3N3O3/c25-24(26,27)20-10-8-18(9-11-20)22(32)28-12-13-29-23(33)19-7-4-14-30(16-19)21(31)15-17-5-2-1-3-6-17/h1-3,5-6,8-11,19H,4,7,12-16H2,(H,28,32)(H,29,33). The second kappa shape index (κ2) is 11.0. The molecule has 33 heavy (non-hydrogen) atoms. The van der Waals surface area contributed by atoms with Crippen LogP contribution in [0.2, 0.25) is 0 Å². The number of hydrogen-bond acceptors (Lipinski definition) is 3. The highest BCUT2D eigenvalue weighted by atomic mass is 19.4. The van der Waals surface area contributed by atoms with Crippen molar-refractivity contribution in [1.29, 1.82) is 0 Å². The van der Waals surface area contributed by atoms with E-state index < -0.39 is 17.6 Å². The fourth-order valence-electron chi connectivity index (χ4n) is 3.72. The van der Waals surface area contributed by atoms with Crippen molar-refractivity contribution in [2.24, 2.45) is 5.92 Å². The number of nitrogens with one attached hydrogen (secondary N) is 2. The van der Waals surface area contributed by atoms with Crippen LogP contribution in [0.25, 0.3) is 0 Å². The molecule has 0 saturated carbocycles. The molecule has 1 heterocycles. The Labute approximate surface area is 190 Å². The van der Waals surface area contributed by atoms with Gasteiger partial charge in [0.25, 0.3) is 5.91 Å². The quantitative estimate of drug-likeness (QED) is 0.623. The predicted molar refractivity (Wildman–Crippen MR) is 116 cm³/mol. The molecule has 3 rings (SSSR count). The van der Waals surface area contributed by atoms with E-state index in [1.165, 1.54) is 0 Å². The van der Waals surface area contributed by atoms with Gasteiger partial charge in [0.1, 0.15) is 0 Å². The molecule has 6 nitrogen and oxygen atoms in total. The van der Waals surface area contributed by atoms with Crippen LogP contribution >= 0.6 is 0 Å². The third-order valence-corrected chi connectivity index (χ3v) is 5.53. The molecule has 1 unspecified atom stereocenters. The Hall–Kier alpha value is -3.36. The van der Waals surface area contributed by atoms with Crippen molar-refractivity contribution in [3.8, 4) is 0 Å². The zero-order chi connectivity index (χ0) is 23.8. The van der Waals surface area contributed by atoms with Gasteiger partial charge in [-0.3, -0.25) is 14.4 Å². The van der Waals surface area contributed by atoms with E-state index in [2.05, 4.69) is 10.6 Å². The van der Waals surface area contributed by atoms with E-state index in [0.717, 1.165) is 36.2 Å². The summed E-state index contributed by atoms with van der Waals surface area (Å²) in [7, 11) is 0. The normalized spacial score (nSPS) is 16.2. The van der Waals surface area contributed by atoms with Crippen LogP contribution in [-0.2, 0) is 22.2 Å². The first-order chi connectivity index (χ1) is 15.7. The summed E-state index contributed by atoms with van der Waals surface area (Å²) >= 11 is 0. The Morgan fingerprint density at radius 2 is 1.61 bits per heavy atom. The molecular formula is C24H26F3N3O3. The highest BCUT2D eigenvalue weighted by Gasteiger charge is 2.30. The minimum absolute atomic E-state index is 0.0116. The van der Waals surface area contributed by atoms with Crippen molar-refractivity contribution in [2.75, 3.05) is 26.2 Å². The Morgan fingerprint density at radius 3 is 2.27 bits per heavy atom. The summed E-state index contributed by atoms with van der Waals surface area (Å²) in [4.78, 5) is 38.9. The summed E-state index contributed by atoms with van der Waals surface area (Å²) in [6.45, 7) is 1.29. The number of alkyl halides is 3. The predicted octanol–water partition coefficient (Wildman–Crippen LogP) is 3.03. The summed E-state index contributed by atoms with van der Waals surface area (Å²) < 4.78 is 37.8. The molecule has 1 atom stereocenters. The van der Waals surface area contributed by atoms with Crippen molar-refractivity contribution in [3.05, 3.63) is 71.3 Å². The first-order valence-corrected chi connectivity index (χ1v) is 10.8. The van der Waals surface area contributed by atoms with E-state index in [1.807, 2.05) is 30.3 Å². The molecule has 0 aromatic heterocycles. The number of rotatable bonds is 7. The monoisotopic (exact) mass is 461 g/mol. The molecule has 0 spiro atoms. The fourth-order valence-corrected chi connectivity index (χ4v) is 3.72. The lowest BCUT2D eigenvalue weighted by atomic mass is 9.96. The highest BCUT2D eigenvalue weighted by Crippen LogP contribution is 2.29. The summed E-state index contributed by atoms with van der Waals surface area (Å²) in [5.41, 5.74) is 0.210. The van der Waals surface area contributed by atoms with Gasteiger partial charge in [0.2, 0.25) is 11.8 Å². The molecule has 1 saturated heterocycles. The van der Waals surface area contributed by atoms with Gasteiger partial charge in [-0.25, -0.2) is 0 Å². The molecule has 1 aliphatic heterocycles. The average Bonchev–Trinajstić information content (AvgIpc) is 2.81. The van der Waals surface area contributed by atoms with Gasteiger partial charge in [-0.15, -0.1) is 0 Å². The van der Waals surface area contributed by atoms with Crippen molar-refractivity contribution >= 4 is 17.7 Å². The molecule has 2 aromatic carbocycles. The van der Waals surface area contributed by atoms with E-state index in [4.69, 9.17) is 0 Å². The summed E-state index contributed by atoms with van der Waals surface area (Å²) in [6, 6.07) is 13.4. The van der Waals surface area contributed by atoms with E-state index >= 15 is 0 Å². The van der Waals surface area contributed by atoms with Gasteiger partial charge < -0.3 is 15.5 Å². The maximum absolute atomic E-state index is 12.6. The van der Waals surface area contributed by atoms with Gasteiger partial charge in [0, 0.05) is 31.7 Å². The SMILES string of the molecule is O=C(NCCNC(=O)C1CCCN(C(=O)Cc2ccccc2)C1)c1ccc(C(F)(F)F)cc1. The highest BCUT2D eigenvalue weighted by molar-refractivity contribution is 5.94. The summed E-state index contributed by atoms with van der Waals surface area (Å²) in [5, 5.41) is 5.33. The lowest BCUT2D eigenvalue weighted by Gasteiger charge is -2.32. The average molecular weight is 461 g/mol. The van der Waals surface area contributed by atoms with Gasteiger partial charge in [-0.05, 0) is 42.7 Å². The van der Waals surface area contributed by atoms with Gasteiger partial charge in [0.05, 0.1) is 17.9 Å². The molecule has 1 fully saturated rings. The van der Waals surface area contributed by atoms with E-state index in [9.17, 15) is 27.6 Å². The van der Waals surface area contributed by atoms with Crippen LogP contribution in [0.4, 0.5) is 13.2 Å². The lowest BCUT2D eigenvalue weighted by Crippen LogP contribution is -2.47. The Morgan fingerprint density at radius 1 is 0.939 bits per heavy atom. The molecule has 3 amide bonds. The van der Waals surface area contributed by atoms with Crippen LogP contribution in [0, 0.1) is 5.92 Å². The van der Waals surface area contributed by atoms with Gasteiger partial charge in [-0.1, -0.05) is 30.3 Å². The zero-order valence-electron chi connectivity index (χ0n) is 18.0. The maximum Gasteiger partial charge on any atom is 0.416 e. The number of carbonyl (C=O) groups excluding carboxylic acids is 3. The number of nitrogens with zero attached hydrogens (tertiary/aromatic N) is 1. The molecule has 0 radical (unpaired) electrons. The van der Waals surface area contributed by atoms with Gasteiger partial charge in [0.15, 0.2) is 0 Å². The Balaban J connectivity index is 1.40. The number of piperidine rings is 1. The topological polar surface area (TPSA) is 78.5 Å². The van der Waals surface area contributed by atoms with Crippen LogP contribution in [0.3, 0.4) is 0 Å². The number of benzene rings is 2. The summed E-state index contributed by atoms with van der Waals surface area (Å²) in [5.74, 6) is -1.03. The van der Waals surface area contributed by atoms with E-state index in [-0.39, 0.29) is 36.4 Å². The first kappa shape index (κ1) is 24.3. The fraction of sp³-hybridized carbons (Fsp3) is 0.375. The Bertz CT molecular complexity index is 962. The molecule has 9 heteroatoms. The third-order valence-electron chi connectivity index (χ3n) is 5.53. The van der Waals surface area contributed by atoms with Crippen LogP contribution in [-0.4, -0.2) is 48.8 Å². The van der Waals surface area contributed by atoms with Crippen molar-refractivity contribution in [1.82, 2.24) is 15.5 Å². The molecule has 1 aliphatic rings. The third kappa shape index (κ3) is 7.06. The summed E-state index contributed by atoms with van der Waals surface area (Å²) in [6.07, 6.45) is -2.74. The largest absolute Gasteiger partial charge is 0.416 e. The smallest absolute Gasteiger partial charge is 0.354 e. The van der Waals surface area contributed by atoms with Crippen LogP contribution < -0.4 is 10.6 Å². The van der Waals surface area contributed by atoms with Crippen LogP contribution in [0.5, 0.6) is 0 Å². The molecule has 0 bridgehead atoms. The molecule has 2 aromatic rings. The Kier molecular flexibility index (Phi) is 8.08. The van der Waals surface area contributed by atoms with Crippen molar-refractivity contribution in [2.45, 2.75) is 25.4 Å². The molecule has 2 N–H and O–H groups in total. The van der Waals surface area contributed by atoms with Crippen LogP contribution in [0.1, 0.15) is 34.3 Å². The minimum atomic E-state index is -4.46. The van der Waals surface area contributed by atoms with Crippen molar-refractivity contribution in [3.63, 3.8) is 0 Å². The second-order valence-corrected chi connectivity index (χ2v) is 7.96. The number of amides is 3. The second-order valence-electron chi connectivity index (χ2n) is 7.96. The van der Waals surface area contributed by atoms with Gasteiger partial charge >= 0.3 is 6.18 Å². The number of carbonyl (C=O) groups is 3. The van der Waals surface area contributed by atoms with Crippen LogP contribution in [0.15, 0.2) is 54.6 Å². The molecular weight excluding hydrogens is 435 g/mol. The zero-order valence-corrected chi connectivity index (χ0v) is 18.0. The molecule has 176 valence electrons. The number of halogens is 3. The molecule has 0 aliphatic carbocycles. The number of hydrogen-bond donors (Lipinski definition) is 2. The lowest BCUT2D eigenvalue weighted by molar-refractivity contribution is -0.138. The first-order valence-electron chi connectivity index (χ1n) is 10.8. The maximum atomic E-state index is 12.6. The minimum Gasteiger partial charge on any atom is -0.354 e. The number of likely N-dealkylation sites (tertiary alicyclic amines) is 1. The van der Waals surface area contributed by atoms with Gasteiger partial charge in [-0.2, -0.15) is 13.2 Å². The van der Waals surface area contributed by atoms with E-state index in [1.54, 1.807) is 4.90 Å². The van der Waals surface area contributed by atoms with Crippen molar-refractivity contribution < 1.29 is 27.6 Å². The van der Waals surface area contributed by atoms with E-state index in [0.29, 0.717) is 25.9 Å².